The van der Waals surface area contributed by atoms with E-state index < -0.39 is 5.76 Å². The van der Waals surface area contributed by atoms with Crippen LogP contribution in [0.5, 0.6) is 0 Å². The number of hydrogen-bond acceptors (Lipinski definition) is 1. The number of hydrogen-bond donors (Lipinski definition) is 0. The van der Waals surface area contributed by atoms with E-state index in [1.807, 2.05) is 32.9 Å². The summed E-state index contributed by atoms with van der Waals surface area (Å²) in [5.41, 5.74) is 0.892. The minimum Gasteiger partial charge on any atom is -0.198 e. The minimum atomic E-state index is -2.35. The molecule has 0 aromatic heterocycles. The summed E-state index contributed by atoms with van der Waals surface area (Å²) in [4.78, 5) is 0.676. The summed E-state index contributed by atoms with van der Waals surface area (Å²) in [5.74, 6) is -2.35. The maximum absolute atomic E-state index is 12.3. The van der Waals surface area contributed by atoms with Gasteiger partial charge in [-0.05, 0) is 17.0 Å². The average Bonchev–Trinajstić information content (AvgIpc) is 2.01. The molecule has 1 aromatic rings. The van der Waals surface area contributed by atoms with Crippen LogP contribution >= 0.6 is 11.8 Å². The number of rotatable bonds is 2. The molecule has 0 amide bonds. The molecule has 0 saturated heterocycles. The van der Waals surface area contributed by atoms with Gasteiger partial charge in [0, 0.05) is 4.90 Å². The van der Waals surface area contributed by atoms with Crippen LogP contribution in [0, 0.1) is 0 Å². The Morgan fingerprint density at radius 2 is 1.71 bits per heavy atom. The second-order valence-corrected chi connectivity index (χ2v) is 5.16. The Morgan fingerprint density at radius 3 is 2.21 bits per heavy atom. The lowest BCUT2D eigenvalue weighted by atomic mass is 9.87. The van der Waals surface area contributed by atoms with Gasteiger partial charge in [-0.2, -0.15) is 8.78 Å². The quantitative estimate of drug-likeness (QED) is 0.664. The van der Waals surface area contributed by atoms with Crippen LogP contribution in [0.4, 0.5) is 8.78 Å². The van der Waals surface area contributed by atoms with Gasteiger partial charge in [0.25, 0.3) is 5.76 Å². The third kappa shape index (κ3) is 2.98. The van der Waals surface area contributed by atoms with Crippen LogP contribution < -0.4 is 0 Å². The van der Waals surface area contributed by atoms with Crippen molar-refractivity contribution in [2.75, 3.05) is 0 Å². The van der Waals surface area contributed by atoms with Gasteiger partial charge in [0.05, 0.1) is 0 Å². The lowest BCUT2D eigenvalue weighted by Gasteiger charge is -2.22. The molecule has 0 N–H and O–H groups in total. The van der Waals surface area contributed by atoms with E-state index in [0.717, 1.165) is 5.56 Å². The smallest absolute Gasteiger partial charge is 0.198 e. The van der Waals surface area contributed by atoms with Crippen LogP contribution in [0.2, 0.25) is 0 Å². The van der Waals surface area contributed by atoms with Gasteiger partial charge in [-0.15, -0.1) is 0 Å². The minimum absolute atomic E-state index is 0.0848. The first kappa shape index (κ1) is 11.5. The van der Waals surface area contributed by atoms with Gasteiger partial charge in [0.15, 0.2) is 0 Å². The van der Waals surface area contributed by atoms with E-state index in [4.69, 9.17) is 0 Å². The highest BCUT2D eigenvalue weighted by Crippen LogP contribution is 2.34. The van der Waals surface area contributed by atoms with Gasteiger partial charge in [-0.1, -0.05) is 50.7 Å². The molecule has 0 bridgehead atoms. The third-order valence-electron chi connectivity index (χ3n) is 1.91. The van der Waals surface area contributed by atoms with Crippen LogP contribution in [-0.4, -0.2) is 5.76 Å². The normalized spacial score (nSPS) is 12.1. The summed E-state index contributed by atoms with van der Waals surface area (Å²) in [6.45, 7) is 6.08. The van der Waals surface area contributed by atoms with Crippen LogP contribution in [0.15, 0.2) is 29.2 Å². The highest BCUT2D eigenvalue weighted by molar-refractivity contribution is 7.99. The van der Waals surface area contributed by atoms with E-state index in [-0.39, 0.29) is 5.41 Å². The fourth-order valence-electron chi connectivity index (χ4n) is 1.28. The summed E-state index contributed by atoms with van der Waals surface area (Å²) >= 11 is 0.619. The van der Waals surface area contributed by atoms with E-state index in [0.29, 0.717) is 16.7 Å². The molecular formula is C11H14F2S. The molecule has 0 heterocycles. The summed E-state index contributed by atoms with van der Waals surface area (Å²) in [6, 6.07) is 7.33. The van der Waals surface area contributed by atoms with E-state index >= 15 is 0 Å². The Hall–Kier alpha value is -0.570. The Bertz CT molecular complexity index is 302. The first-order valence-electron chi connectivity index (χ1n) is 4.45. The van der Waals surface area contributed by atoms with Crippen molar-refractivity contribution >= 4 is 11.8 Å². The zero-order valence-corrected chi connectivity index (χ0v) is 9.37. The van der Waals surface area contributed by atoms with Gasteiger partial charge in [-0.25, -0.2) is 0 Å². The molecule has 0 nitrogen and oxygen atoms in total. The maximum Gasteiger partial charge on any atom is 0.288 e. The van der Waals surface area contributed by atoms with Gasteiger partial charge in [0.1, 0.15) is 0 Å². The highest BCUT2D eigenvalue weighted by Gasteiger charge is 2.19. The lowest BCUT2D eigenvalue weighted by Crippen LogP contribution is -2.12. The molecule has 0 unspecified atom stereocenters. The SMILES string of the molecule is CC(C)(C)c1ccccc1SC(F)F. The molecular weight excluding hydrogens is 202 g/mol. The van der Waals surface area contributed by atoms with Gasteiger partial charge in [0.2, 0.25) is 0 Å². The highest BCUT2D eigenvalue weighted by atomic mass is 32.2. The first-order chi connectivity index (χ1) is 6.41. The summed E-state index contributed by atoms with van der Waals surface area (Å²) < 4.78 is 24.5. The Balaban J connectivity index is 3.04. The van der Waals surface area contributed by atoms with Crippen molar-refractivity contribution in [2.24, 2.45) is 0 Å². The van der Waals surface area contributed by atoms with Gasteiger partial charge >= 0.3 is 0 Å². The summed E-state index contributed by atoms with van der Waals surface area (Å²) in [6.07, 6.45) is 0. The maximum atomic E-state index is 12.3. The molecule has 0 aliphatic carbocycles. The molecule has 3 heteroatoms. The molecule has 1 rings (SSSR count). The molecule has 0 fully saturated rings. The van der Waals surface area contributed by atoms with Crippen LogP contribution in [-0.2, 0) is 5.41 Å². The van der Waals surface area contributed by atoms with Gasteiger partial charge in [-0.3, -0.25) is 0 Å². The fourth-order valence-corrected chi connectivity index (χ4v) is 2.14. The van der Waals surface area contributed by atoms with Crippen LogP contribution in [0.25, 0.3) is 0 Å². The molecule has 1 aromatic carbocycles. The Kier molecular flexibility index (Phi) is 3.53. The van der Waals surface area contributed by atoms with Crippen molar-refractivity contribution in [3.05, 3.63) is 29.8 Å². The number of benzene rings is 1. The van der Waals surface area contributed by atoms with E-state index in [1.165, 1.54) is 0 Å². The van der Waals surface area contributed by atoms with Crippen molar-refractivity contribution in [2.45, 2.75) is 36.8 Å². The molecule has 0 saturated carbocycles. The van der Waals surface area contributed by atoms with E-state index in [2.05, 4.69) is 0 Å². The van der Waals surface area contributed by atoms with E-state index in [1.54, 1.807) is 12.1 Å². The fraction of sp³-hybridized carbons (Fsp3) is 0.455. The van der Waals surface area contributed by atoms with Crippen molar-refractivity contribution in [3.63, 3.8) is 0 Å². The molecule has 0 radical (unpaired) electrons. The van der Waals surface area contributed by atoms with Crippen molar-refractivity contribution in [1.82, 2.24) is 0 Å². The first-order valence-corrected chi connectivity index (χ1v) is 5.33. The van der Waals surface area contributed by atoms with Crippen LogP contribution in [0.3, 0.4) is 0 Å². The second kappa shape index (κ2) is 4.30. The molecule has 14 heavy (non-hydrogen) atoms. The molecule has 0 aliphatic rings. The molecule has 0 atom stereocenters. The van der Waals surface area contributed by atoms with Crippen LogP contribution in [0.1, 0.15) is 26.3 Å². The third-order valence-corrected chi connectivity index (χ3v) is 2.70. The number of halogens is 2. The van der Waals surface area contributed by atoms with Gasteiger partial charge < -0.3 is 0 Å². The van der Waals surface area contributed by atoms with Crippen molar-refractivity contribution < 1.29 is 8.78 Å². The Labute approximate surface area is 87.7 Å². The van der Waals surface area contributed by atoms with E-state index in [9.17, 15) is 8.78 Å². The van der Waals surface area contributed by atoms with Crippen molar-refractivity contribution in [1.29, 1.82) is 0 Å². The second-order valence-electron chi connectivity index (χ2n) is 4.12. The Morgan fingerprint density at radius 1 is 1.14 bits per heavy atom. The number of alkyl halides is 2. The monoisotopic (exact) mass is 216 g/mol. The zero-order chi connectivity index (χ0) is 10.8. The number of thioether (sulfide) groups is 1. The van der Waals surface area contributed by atoms with Crippen molar-refractivity contribution in [3.8, 4) is 0 Å². The summed E-state index contributed by atoms with van der Waals surface area (Å²) in [7, 11) is 0. The lowest BCUT2D eigenvalue weighted by molar-refractivity contribution is 0.252. The molecule has 0 spiro atoms. The standard InChI is InChI=1S/C11H14F2S/c1-11(2,3)8-6-4-5-7-9(8)14-10(12)13/h4-7,10H,1-3H3. The predicted molar refractivity (Wildman–Crippen MR) is 57.0 cm³/mol. The predicted octanol–water partition coefficient (Wildman–Crippen LogP) is 4.30. The molecule has 78 valence electrons. The topological polar surface area (TPSA) is 0 Å². The summed E-state index contributed by atoms with van der Waals surface area (Å²) in [5, 5.41) is 0. The largest absolute Gasteiger partial charge is 0.288 e. The average molecular weight is 216 g/mol. The molecule has 0 aliphatic heterocycles. The zero-order valence-electron chi connectivity index (χ0n) is 8.55.